The summed E-state index contributed by atoms with van der Waals surface area (Å²) in [5.74, 6) is -1.90. The van der Waals surface area contributed by atoms with Crippen molar-refractivity contribution < 1.29 is 28.9 Å². The number of benzene rings is 1. The van der Waals surface area contributed by atoms with E-state index in [4.69, 9.17) is 9.47 Å². The first-order chi connectivity index (χ1) is 11.2. The molecule has 0 heterocycles. The molecule has 0 aromatic heterocycles. The zero-order valence-electron chi connectivity index (χ0n) is 13.1. The Kier molecular flexibility index (Phi) is 6.10. The van der Waals surface area contributed by atoms with Crippen LogP contribution in [0.5, 0.6) is 0 Å². The molecule has 0 aliphatic carbocycles. The van der Waals surface area contributed by atoms with Crippen LogP contribution in [0.3, 0.4) is 0 Å². The van der Waals surface area contributed by atoms with Gasteiger partial charge in [0.1, 0.15) is 11.3 Å². The Morgan fingerprint density at radius 3 is 2.21 bits per heavy atom. The zero-order chi connectivity index (χ0) is 18.4. The van der Waals surface area contributed by atoms with E-state index in [1.807, 2.05) is 0 Å². The summed E-state index contributed by atoms with van der Waals surface area (Å²) in [5.41, 5.74) is -1.80. The number of rotatable bonds is 6. The van der Waals surface area contributed by atoms with E-state index in [9.17, 15) is 29.8 Å². The van der Waals surface area contributed by atoms with E-state index in [1.165, 1.54) is 13.8 Å². The van der Waals surface area contributed by atoms with Crippen LogP contribution in [0, 0.1) is 20.2 Å². The van der Waals surface area contributed by atoms with E-state index in [-0.39, 0.29) is 23.5 Å². The summed E-state index contributed by atoms with van der Waals surface area (Å²) in [5, 5.41) is 22.0. The highest BCUT2D eigenvalue weighted by molar-refractivity contribution is 6.18. The van der Waals surface area contributed by atoms with Crippen LogP contribution in [-0.4, -0.2) is 28.4 Å². The predicted molar refractivity (Wildman–Crippen MR) is 80.7 cm³/mol. The number of hydrogen-bond acceptors (Lipinski definition) is 8. The lowest BCUT2D eigenvalue weighted by Crippen LogP contribution is -2.12. The van der Waals surface area contributed by atoms with Gasteiger partial charge in [0.15, 0.2) is 0 Å². The molecule has 128 valence electrons. The highest BCUT2D eigenvalue weighted by Crippen LogP contribution is 2.32. The maximum atomic E-state index is 12.1. The maximum Gasteiger partial charge on any atom is 0.342 e. The van der Waals surface area contributed by atoms with Crippen LogP contribution in [-0.2, 0) is 19.1 Å². The van der Waals surface area contributed by atoms with Crippen molar-refractivity contribution in [1.82, 2.24) is 0 Å². The van der Waals surface area contributed by atoms with Gasteiger partial charge in [-0.2, -0.15) is 0 Å². The predicted octanol–water partition coefficient (Wildman–Crippen LogP) is 2.36. The molecule has 0 amide bonds. The lowest BCUT2D eigenvalue weighted by atomic mass is 10.0. The van der Waals surface area contributed by atoms with Crippen molar-refractivity contribution in [3.63, 3.8) is 0 Å². The zero-order valence-corrected chi connectivity index (χ0v) is 13.1. The minimum absolute atomic E-state index is 0.0174. The largest absolute Gasteiger partial charge is 0.462 e. The molecular weight excluding hydrogens is 324 g/mol. The number of nitrogens with zero attached hydrogens (tertiary/aromatic N) is 2. The van der Waals surface area contributed by atoms with Crippen LogP contribution < -0.4 is 0 Å². The highest BCUT2D eigenvalue weighted by Gasteiger charge is 2.28. The third kappa shape index (κ3) is 4.35. The number of ether oxygens (including phenoxy) is 2. The first-order valence-corrected chi connectivity index (χ1v) is 6.68. The van der Waals surface area contributed by atoms with Gasteiger partial charge in [0, 0.05) is 13.0 Å². The van der Waals surface area contributed by atoms with Gasteiger partial charge in [-0.3, -0.25) is 25.0 Å². The van der Waals surface area contributed by atoms with Gasteiger partial charge in [-0.15, -0.1) is 0 Å². The molecule has 0 atom stereocenters. The first-order valence-electron chi connectivity index (χ1n) is 6.68. The van der Waals surface area contributed by atoms with Crippen LogP contribution in [0.15, 0.2) is 24.0 Å². The molecule has 24 heavy (non-hydrogen) atoms. The van der Waals surface area contributed by atoms with Crippen molar-refractivity contribution in [1.29, 1.82) is 0 Å². The Morgan fingerprint density at radius 1 is 1.12 bits per heavy atom. The molecule has 0 saturated heterocycles. The third-order valence-corrected chi connectivity index (χ3v) is 2.79. The topological polar surface area (TPSA) is 139 Å². The molecule has 0 aliphatic rings. The number of carbonyl (C=O) groups is 2. The van der Waals surface area contributed by atoms with Gasteiger partial charge in [-0.1, -0.05) is 0 Å². The quantitative estimate of drug-likeness (QED) is 0.253. The summed E-state index contributed by atoms with van der Waals surface area (Å²) in [6.07, 6.45) is 0. The number of allylic oxidation sites excluding steroid dienone is 1. The smallest absolute Gasteiger partial charge is 0.342 e. The molecule has 0 aliphatic heterocycles. The minimum Gasteiger partial charge on any atom is -0.462 e. The van der Waals surface area contributed by atoms with Gasteiger partial charge >= 0.3 is 11.9 Å². The van der Waals surface area contributed by atoms with Crippen molar-refractivity contribution in [3.05, 3.63) is 49.8 Å². The fourth-order valence-corrected chi connectivity index (χ4v) is 1.91. The lowest BCUT2D eigenvalue weighted by molar-refractivity contribution is -0.394. The number of nitro groups is 2. The molecule has 0 bridgehead atoms. The summed E-state index contributed by atoms with van der Waals surface area (Å²) in [6, 6.07) is 2.76. The Hall–Kier alpha value is -3.30. The number of carbonyl (C=O) groups excluding carboxylic acids is 2. The van der Waals surface area contributed by atoms with E-state index >= 15 is 0 Å². The average Bonchev–Trinajstić information content (AvgIpc) is 2.46. The van der Waals surface area contributed by atoms with Gasteiger partial charge in [-0.25, -0.2) is 4.79 Å². The Bertz CT molecular complexity index is 738. The second-order valence-electron chi connectivity index (χ2n) is 4.46. The molecule has 10 heteroatoms. The molecule has 1 rings (SSSR count). The first kappa shape index (κ1) is 18.7. The van der Waals surface area contributed by atoms with Crippen LogP contribution in [0.4, 0.5) is 11.4 Å². The standard InChI is InChI=1S/C14H14N2O8/c1-4-23-14(18)13(8(2)24-9(3)17)11-6-5-10(15(19)20)7-12(11)16(21)22/h5-7H,4H2,1-3H3. The van der Waals surface area contributed by atoms with Crippen molar-refractivity contribution in [3.8, 4) is 0 Å². The van der Waals surface area contributed by atoms with Crippen molar-refractivity contribution in [2.75, 3.05) is 6.61 Å². The molecule has 0 N–H and O–H groups in total. The lowest BCUT2D eigenvalue weighted by Gasteiger charge is -2.11. The van der Waals surface area contributed by atoms with E-state index in [0.717, 1.165) is 25.1 Å². The molecule has 10 nitrogen and oxygen atoms in total. The molecule has 0 saturated carbocycles. The van der Waals surface area contributed by atoms with Gasteiger partial charge in [0.25, 0.3) is 11.4 Å². The van der Waals surface area contributed by atoms with Crippen molar-refractivity contribution >= 4 is 28.9 Å². The molecule has 0 spiro atoms. The summed E-state index contributed by atoms with van der Waals surface area (Å²) >= 11 is 0. The monoisotopic (exact) mass is 338 g/mol. The van der Waals surface area contributed by atoms with E-state index in [1.54, 1.807) is 0 Å². The Labute approximate surface area is 136 Å². The minimum atomic E-state index is -0.951. The fraction of sp³-hybridized carbons (Fsp3) is 0.286. The third-order valence-electron chi connectivity index (χ3n) is 2.79. The molecule has 1 aromatic rings. The second-order valence-corrected chi connectivity index (χ2v) is 4.46. The molecular formula is C14H14N2O8. The van der Waals surface area contributed by atoms with Crippen molar-refractivity contribution in [2.24, 2.45) is 0 Å². The molecule has 0 fully saturated rings. The van der Waals surface area contributed by atoms with Gasteiger partial charge in [0.05, 0.1) is 28.1 Å². The molecule has 0 radical (unpaired) electrons. The summed E-state index contributed by atoms with van der Waals surface area (Å²) in [6.45, 7) is 3.87. The van der Waals surface area contributed by atoms with Crippen LogP contribution in [0.1, 0.15) is 26.3 Å². The summed E-state index contributed by atoms with van der Waals surface area (Å²) in [7, 11) is 0. The van der Waals surface area contributed by atoms with Gasteiger partial charge in [0.2, 0.25) is 0 Å². The normalized spacial score (nSPS) is 11.3. The van der Waals surface area contributed by atoms with Crippen LogP contribution in [0.25, 0.3) is 5.57 Å². The number of hydrogen-bond donors (Lipinski definition) is 0. The fourth-order valence-electron chi connectivity index (χ4n) is 1.91. The van der Waals surface area contributed by atoms with E-state index in [0.29, 0.717) is 0 Å². The Balaban J connectivity index is 3.64. The number of non-ortho nitro benzene ring substituents is 1. The van der Waals surface area contributed by atoms with Crippen LogP contribution in [0.2, 0.25) is 0 Å². The molecule has 1 aromatic carbocycles. The van der Waals surface area contributed by atoms with Crippen molar-refractivity contribution in [2.45, 2.75) is 20.8 Å². The van der Waals surface area contributed by atoms with Crippen LogP contribution >= 0.6 is 0 Å². The van der Waals surface area contributed by atoms with E-state index < -0.39 is 33.2 Å². The molecule has 0 unspecified atom stereocenters. The second kappa shape index (κ2) is 7.81. The summed E-state index contributed by atoms with van der Waals surface area (Å²) < 4.78 is 9.66. The average molecular weight is 338 g/mol. The number of nitro benzene ring substituents is 2. The van der Waals surface area contributed by atoms with E-state index in [2.05, 4.69) is 0 Å². The van der Waals surface area contributed by atoms with Gasteiger partial charge < -0.3 is 9.47 Å². The summed E-state index contributed by atoms with van der Waals surface area (Å²) in [4.78, 5) is 43.6. The Morgan fingerprint density at radius 2 is 1.75 bits per heavy atom. The highest BCUT2D eigenvalue weighted by atomic mass is 16.6. The number of esters is 2. The maximum absolute atomic E-state index is 12.1. The SMILES string of the molecule is CCOC(=O)C(=C(C)OC(C)=O)c1ccc([N+](=O)[O-])cc1[N+](=O)[O-]. The van der Waals surface area contributed by atoms with Gasteiger partial charge in [-0.05, 0) is 19.9 Å².